The minimum absolute atomic E-state index is 2.05. The van der Waals surface area contributed by atoms with Gasteiger partial charge in [-0.15, -0.1) is 0 Å². The third-order valence-corrected chi connectivity index (χ3v) is 16.8. The summed E-state index contributed by atoms with van der Waals surface area (Å²) >= 11 is 0. The normalized spacial score (nSPS) is 33.1. The van der Waals surface area contributed by atoms with Crippen molar-refractivity contribution in [3.63, 3.8) is 0 Å². The van der Waals surface area contributed by atoms with Crippen molar-refractivity contribution in [2.45, 2.75) is 123 Å². The highest BCUT2D eigenvalue weighted by Gasteiger charge is 2.60. The third kappa shape index (κ3) is 31.5. The Bertz CT molecular complexity index is 4320. The monoisotopic (exact) mass is 1710 g/mol. The van der Waals surface area contributed by atoms with Crippen LogP contribution < -0.4 is 0 Å². The maximum atomic E-state index is 12.4. The van der Waals surface area contributed by atoms with Gasteiger partial charge in [-0.3, -0.25) is 59.2 Å². The van der Waals surface area contributed by atoms with Crippen LogP contribution in [0.5, 0.6) is 0 Å². The number of aliphatic hydroxyl groups is 1. The first-order valence-corrected chi connectivity index (χ1v) is 40.4. The molecule has 4 rings (SSSR count). The van der Waals surface area contributed by atoms with E-state index in [2.05, 4.69) is 54.4 Å². The standard InChI is InChI=1S/C24H42O60S13/c25-21-17(81-94(53,54)55)13(77-90(41,42)43)9(73-86(29,30)31)5(69-21)1-65-22-18(82-95(56,57)58)14(78-91(44,45)46)10(74-87(32,33)34)6(70-22)2-66-23-19(83-96(59,60)61)15(79-92(47,48)49)11(75-88(35,36)37)7(71-23)3-67-24-20(84-97(62,63)64)16(80-93(50,51)52)12(76-89(38,39)40)8(72-24)4-68-85(26,27)28/h5-25H,1-4H2,(H,26,27,28)(H,29,30,31)(H,32,33,34)(H,35,36,37)(H,38,39,40)(H,41,42,43)(H,44,45,46)(H,47,48,49)(H,50,51,52)(H,53,54,55)(H,56,57,58)(H,59,60,61)(H,62,63,64)/t5-,6-,7-,8-,9-,10-,11-,12-,13+,14+,15+,16+,17-,18-,19-,20-,21+,22-,23-,24-/m1/s1. The molecular formula is C24H42O60S13. The fraction of sp³-hybridized carbons (Fsp3) is 1.00. The maximum Gasteiger partial charge on any atom is 0.397 e. The molecule has 4 aliphatic heterocycles. The smallest absolute Gasteiger partial charge is 0.366 e. The lowest BCUT2D eigenvalue weighted by atomic mass is 9.97. The van der Waals surface area contributed by atoms with Gasteiger partial charge in [0, 0.05) is 0 Å². The summed E-state index contributed by atoms with van der Waals surface area (Å²) in [7, 11) is -82.3. The summed E-state index contributed by atoms with van der Waals surface area (Å²) in [6.45, 7) is -8.64. The van der Waals surface area contributed by atoms with Crippen molar-refractivity contribution in [3.8, 4) is 0 Å². The minimum Gasteiger partial charge on any atom is -0.366 e. The molecule has 0 radical (unpaired) electrons. The second kappa shape index (κ2) is 31.8. The molecule has 4 aliphatic rings. The summed E-state index contributed by atoms with van der Waals surface area (Å²) in [4.78, 5) is 0. The van der Waals surface area contributed by atoms with Crippen molar-refractivity contribution < 1.29 is 261 Å². The average Bonchev–Trinajstić information content (AvgIpc) is 0.785. The highest BCUT2D eigenvalue weighted by atomic mass is 32.3. The van der Waals surface area contributed by atoms with Crippen LogP contribution in [0.1, 0.15) is 0 Å². The summed E-state index contributed by atoms with van der Waals surface area (Å²) in [6, 6.07) is 0. The lowest BCUT2D eigenvalue weighted by molar-refractivity contribution is -0.335. The number of hydrogen-bond donors (Lipinski definition) is 14. The van der Waals surface area contributed by atoms with Gasteiger partial charge in [0.1, 0.15) is 73.2 Å². The van der Waals surface area contributed by atoms with Crippen LogP contribution in [0.4, 0.5) is 0 Å². The Hall–Kier alpha value is -2.01. The van der Waals surface area contributed by atoms with Crippen LogP contribution in [0.15, 0.2) is 0 Å². The molecule has 0 aromatic heterocycles. The van der Waals surface area contributed by atoms with Gasteiger partial charge < -0.3 is 38.3 Å². The van der Waals surface area contributed by atoms with E-state index in [0.717, 1.165) is 0 Å². The highest BCUT2D eigenvalue weighted by Crippen LogP contribution is 2.39. The molecule has 0 saturated carbocycles. The van der Waals surface area contributed by atoms with Crippen LogP contribution >= 0.6 is 0 Å². The van der Waals surface area contributed by atoms with E-state index >= 15 is 0 Å². The van der Waals surface area contributed by atoms with Gasteiger partial charge in [0.05, 0.1) is 26.4 Å². The van der Waals surface area contributed by atoms with Gasteiger partial charge >= 0.3 is 135 Å². The van der Waals surface area contributed by atoms with E-state index in [-0.39, 0.29) is 0 Å². The minimum atomic E-state index is -6.54. The molecule has 0 spiro atoms. The van der Waals surface area contributed by atoms with Gasteiger partial charge in [-0.05, 0) is 0 Å². The summed E-state index contributed by atoms with van der Waals surface area (Å²) in [5, 5.41) is 10.6. The fourth-order valence-electron chi connectivity index (χ4n) is 8.19. The van der Waals surface area contributed by atoms with Crippen LogP contribution in [-0.4, -0.2) is 323 Å². The Morgan fingerprint density at radius 3 is 0.577 bits per heavy atom. The molecule has 0 unspecified atom stereocenters. The molecule has 73 heteroatoms. The highest BCUT2D eigenvalue weighted by molar-refractivity contribution is 7.83. The number of hydrogen-bond acceptors (Lipinski definition) is 47. The molecule has 0 aromatic carbocycles. The molecule has 0 bridgehead atoms. The molecule has 4 fully saturated rings. The van der Waals surface area contributed by atoms with Gasteiger partial charge in [-0.2, -0.15) is 109 Å². The second-order valence-corrected chi connectivity index (χ2v) is 31.4. The van der Waals surface area contributed by atoms with Gasteiger partial charge in [0.2, 0.25) is 0 Å². The van der Waals surface area contributed by atoms with Crippen molar-refractivity contribution in [2.75, 3.05) is 26.4 Å². The van der Waals surface area contributed by atoms with E-state index in [1.807, 2.05) is 0 Å². The van der Waals surface area contributed by atoms with Crippen molar-refractivity contribution in [1.29, 1.82) is 0 Å². The van der Waals surface area contributed by atoms with E-state index in [4.69, 9.17) is 33.2 Å². The lowest BCUT2D eigenvalue weighted by Crippen LogP contribution is -2.66. The summed E-state index contributed by atoms with van der Waals surface area (Å²) in [6.07, 6.45) is -67.9. The van der Waals surface area contributed by atoms with Crippen LogP contribution in [0, 0.1) is 0 Å². The van der Waals surface area contributed by atoms with E-state index in [1.54, 1.807) is 0 Å². The third-order valence-electron chi connectivity index (χ3n) is 10.8. The Morgan fingerprint density at radius 2 is 0.371 bits per heavy atom. The Morgan fingerprint density at radius 1 is 0.206 bits per heavy atom. The molecule has 14 N–H and O–H groups in total. The van der Waals surface area contributed by atoms with E-state index in [9.17, 15) is 174 Å². The zero-order valence-corrected chi connectivity index (χ0v) is 55.3. The molecule has 60 nitrogen and oxygen atoms in total. The average molecular weight is 1710 g/mol. The van der Waals surface area contributed by atoms with Gasteiger partial charge in [0.15, 0.2) is 49.6 Å². The fourth-order valence-corrected chi connectivity index (χ4v) is 14.5. The molecule has 20 atom stereocenters. The number of aliphatic hydroxyl groups excluding tert-OH is 1. The predicted octanol–water partition coefficient (Wildman–Crippen LogP) is -12.0. The molecule has 0 aromatic rings. The van der Waals surface area contributed by atoms with Crippen LogP contribution in [0.3, 0.4) is 0 Å². The first-order chi connectivity index (χ1) is 43.0. The maximum absolute atomic E-state index is 12.4. The van der Waals surface area contributed by atoms with Crippen LogP contribution in [-0.2, 0) is 223 Å². The Kier molecular flexibility index (Phi) is 28.6. The van der Waals surface area contributed by atoms with Crippen molar-refractivity contribution in [2.24, 2.45) is 0 Å². The molecule has 0 amide bonds. The lowest BCUT2D eigenvalue weighted by Gasteiger charge is -2.46. The van der Waals surface area contributed by atoms with Gasteiger partial charge in [-0.25, -0.2) is 54.4 Å². The van der Waals surface area contributed by atoms with Crippen LogP contribution in [0.25, 0.3) is 0 Å². The summed E-state index contributed by atoms with van der Waals surface area (Å²) < 4.78 is 529. The second-order valence-electron chi connectivity index (χ2n) is 17.8. The SMILES string of the molecule is O=S(=O)(O)OC[C@H]1O[C@@H](OC[C@H]2O[C@@H](OC[C@H]3O[C@@H](OC[C@H]4O[C@H](O)[C@H](OS(=O)(=O)O)[C@@H](OS(=O)(=O)O)[C@@H]4OS(=O)(=O)O)[C@H](OS(=O)(=O)O)[C@@H](OS(=O)(=O)O)[C@@H]3OS(=O)(=O)O)[C@H](OS(=O)(=O)O)[C@@H](OS(=O)(=O)O)[C@@H]2OS(=O)(=O)O)[C@H](OS(=O)(=O)O)[C@@H](OS(=O)(=O)O)[C@@H]1OS(=O)(=O)O. The largest absolute Gasteiger partial charge is 0.397 e. The predicted molar refractivity (Wildman–Crippen MR) is 269 cm³/mol. The molecule has 4 heterocycles. The Labute approximate surface area is 542 Å². The number of rotatable bonds is 36. The summed E-state index contributed by atoms with van der Waals surface area (Å²) in [5.74, 6) is 0. The van der Waals surface area contributed by atoms with Crippen molar-refractivity contribution in [1.82, 2.24) is 0 Å². The quantitative estimate of drug-likeness (QED) is 0.0259. The first-order valence-electron chi connectivity index (χ1n) is 22.7. The molecule has 4 saturated heterocycles. The van der Waals surface area contributed by atoms with E-state index in [0.29, 0.717) is 0 Å². The van der Waals surface area contributed by atoms with Crippen LogP contribution in [0.2, 0.25) is 0 Å². The molecule has 576 valence electrons. The molecular weight excluding hydrogens is 1670 g/mol. The first kappa shape index (κ1) is 87.4. The zero-order chi connectivity index (χ0) is 75.0. The molecule has 97 heavy (non-hydrogen) atoms. The Balaban J connectivity index is 2.02. The van der Waals surface area contributed by atoms with Gasteiger partial charge in [0.25, 0.3) is 0 Å². The number of ether oxygens (including phenoxy) is 7. The zero-order valence-electron chi connectivity index (χ0n) is 44.7. The van der Waals surface area contributed by atoms with E-state index in [1.165, 1.54) is 0 Å². The summed E-state index contributed by atoms with van der Waals surface area (Å²) in [5.41, 5.74) is 0. The van der Waals surface area contributed by atoms with Crippen molar-refractivity contribution in [3.05, 3.63) is 0 Å². The van der Waals surface area contributed by atoms with Gasteiger partial charge in [-0.1, -0.05) is 0 Å². The van der Waals surface area contributed by atoms with Crippen molar-refractivity contribution >= 4 is 135 Å². The topological polar surface area (TPSA) is 912 Å². The molecule has 0 aliphatic carbocycles. The van der Waals surface area contributed by atoms with E-state index < -0.39 is 284 Å².